The molecule has 0 radical (unpaired) electrons. The SMILES string of the molecule is COc1cccc2cc(/C(Cl)=C/C=C/C(=O)N3CCCCC3)oc12. The van der Waals surface area contributed by atoms with Crippen LogP contribution in [0, 0.1) is 0 Å². The van der Waals surface area contributed by atoms with Gasteiger partial charge in [-0.2, -0.15) is 0 Å². The van der Waals surface area contributed by atoms with Gasteiger partial charge in [-0.15, -0.1) is 0 Å². The summed E-state index contributed by atoms with van der Waals surface area (Å²) in [6.45, 7) is 1.67. The minimum Gasteiger partial charge on any atom is -0.493 e. The number of likely N-dealkylation sites (tertiary alicyclic amines) is 1. The van der Waals surface area contributed by atoms with Gasteiger partial charge >= 0.3 is 0 Å². The Hall–Kier alpha value is -2.20. The number of ether oxygens (including phenoxy) is 1. The van der Waals surface area contributed by atoms with E-state index in [1.54, 1.807) is 25.3 Å². The molecule has 1 aromatic heterocycles. The Morgan fingerprint density at radius 2 is 2.08 bits per heavy atom. The van der Waals surface area contributed by atoms with Crippen molar-refractivity contribution in [2.75, 3.05) is 20.2 Å². The number of hydrogen-bond acceptors (Lipinski definition) is 3. The molecule has 5 heteroatoms. The van der Waals surface area contributed by atoms with Gasteiger partial charge in [0.05, 0.1) is 12.1 Å². The van der Waals surface area contributed by atoms with Gasteiger partial charge in [0.25, 0.3) is 0 Å². The van der Waals surface area contributed by atoms with Crippen LogP contribution in [0.3, 0.4) is 0 Å². The lowest BCUT2D eigenvalue weighted by Crippen LogP contribution is -2.34. The van der Waals surface area contributed by atoms with Crippen molar-refractivity contribution in [3.63, 3.8) is 0 Å². The van der Waals surface area contributed by atoms with E-state index in [9.17, 15) is 4.79 Å². The molecule has 2 aromatic rings. The Balaban J connectivity index is 1.73. The number of rotatable bonds is 4. The molecule has 0 saturated carbocycles. The number of allylic oxidation sites excluding steroid dienone is 2. The molecule has 0 atom stereocenters. The lowest BCUT2D eigenvalue weighted by atomic mass is 10.1. The molecule has 1 saturated heterocycles. The molecule has 1 fully saturated rings. The molecule has 0 spiro atoms. The molecule has 0 unspecified atom stereocenters. The second-order valence-corrected chi connectivity index (χ2v) is 6.16. The quantitative estimate of drug-likeness (QED) is 0.601. The molecule has 2 heterocycles. The van der Waals surface area contributed by atoms with E-state index in [4.69, 9.17) is 20.8 Å². The van der Waals surface area contributed by atoms with Crippen LogP contribution in [-0.2, 0) is 4.79 Å². The lowest BCUT2D eigenvalue weighted by Gasteiger charge is -2.25. The molecule has 1 aliphatic heterocycles. The first-order chi connectivity index (χ1) is 11.7. The number of carbonyl (C=O) groups excluding carboxylic acids is 1. The topological polar surface area (TPSA) is 42.7 Å². The van der Waals surface area contributed by atoms with Crippen molar-refractivity contribution in [2.45, 2.75) is 19.3 Å². The van der Waals surface area contributed by atoms with Crippen LogP contribution >= 0.6 is 11.6 Å². The predicted molar refractivity (Wildman–Crippen MR) is 96.2 cm³/mol. The maximum atomic E-state index is 12.1. The number of piperidine rings is 1. The number of amides is 1. The summed E-state index contributed by atoms with van der Waals surface area (Å²) >= 11 is 6.29. The van der Waals surface area contributed by atoms with Crippen molar-refractivity contribution < 1.29 is 13.9 Å². The monoisotopic (exact) mass is 345 g/mol. The van der Waals surface area contributed by atoms with Crippen LogP contribution in [0.5, 0.6) is 5.75 Å². The maximum absolute atomic E-state index is 12.1. The number of benzene rings is 1. The zero-order valence-electron chi connectivity index (χ0n) is 13.6. The standard InChI is InChI=1S/C19H20ClNO3/c1-23-16-9-5-7-14-13-17(24-19(14)16)15(20)8-6-10-18(22)21-11-3-2-4-12-21/h5-10,13H,2-4,11-12H2,1H3/b10-6+,15-8-. The third-order valence-electron chi connectivity index (χ3n) is 4.11. The highest BCUT2D eigenvalue weighted by atomic mass is 35.5. The number of furan rings is 1. The number of halogens is 1. The van der Waals surface area contributed by atoms with Crippen LogP contribution in [0.15, 0.2) is 46.9 Å². The molecular weight excluding hydrogens is 326 g/mol. The van der Waals surface area contributed by atoms with Crippen LogP contribution in [0.1, 0.15) is 25.0 Å². The van der Waals surface area contributed by atoms with E-state index in [1.165, 1.54) is 6.42 Å². The van der Waals surface area contributed by atoms with Gasteiger partial charge in [-0.1, -0.05) is 29.8 Å². The fourth-order valence-corrected chi connectivity index (χ4v) is 3.00. The number of nitrogens with zero attached hydrogens (tertiary/aromatic N) is 1. The van der Waals surface area contributed by atoms with Gasteiger partial charge in [0.1, 0.15) is 5.76 Å². The van der Waals surface area contributed by atoms with Gasteiger partial charge in [-0.05, 0) is 37.5 Å². The first-order valence-corrected chi connectivity index (χ1v) is 8.46. The van der Waals surface area contributed by atoms with E-state index >= 15 is 0 Å². The fraction of sp³-hybridized carbons (Fsp3) is 0.316. The second kappa shape index (κ2) is 7.58. The van der Waals surface area contributed by atoms with Gasteiger partial charge in [-0.3, -0.25) is 4.79 Å². The highest BCUT2D eigenvalue weighted by Gasteiger charge is 2.13. The summed E-state index contributed by atoms with van der Waals surface area (Å²) in [5, 5.41) is 1.36. The third-order valence-corrected chi connectivity index (χ3v) is 4.42. The highest BCUT2D eigenvalue weighted by Crippen LogP contribution is 2.32. The molecule has 1 aromatic carbocycles. The molecule has 0 aliphatic carbocycles. The zero-order chi connectivity index (χ0) is 16.9. The summed E-state index contributed by atoms with van der Waals surface area (Å²) in [6, 6.07) is 7.53. The summed E-state index contributed by atoms with van der Waals surface area (Å²) in [4.78, 5) is 13.9. The minimum atomic E-state index is 0.0293. The molecule has 0 N–H and O–H groups in total. The number of fused-ring (bicyclic) bond motifs is 1. The highest BCUT2D eigenvalue weighted by molar-refractivity contribution is 6.48. The van der Waals surface area contributed by atoms with Crippen molar-refractivity contribution in [1.82, 2.24) is 4.90 Å². The average Bonchev–Trinajstić information content (AvgIpc) is 3.06. The summed E-state index contributed by atoms with van der Waals surface area (Å²) in [7, 11) is 1.60. The van der Waals surface area contributed by atoms with Crippen LogP contribution < -0.4 is 4.74 Å². The molecule has 1 aliphatic rings. The number of methoxy groups -OCH3 is 1. The minimum absolute atomic E-state index is 0.0293. The van der Waals surface area contributed by atoms with Crippen LogP contribution in [0.4, 0.5) is 0 Å². The van der Waals surface area contributed by atoms with Crippen molar-refractivity contribution in [3.8, 4) is 5.75 Å². The molecule has 24 heavy (non-hydrogen) atoms. The molecule has 0 bridgehead atoms. The largest absolute Gasteiger partial charge is 0.493 e. The van der Waals surface area contributed by atoms with Gasteiger partial charge < -0.3 is 14.1 Å². The number of para-hydroxylation sites is 1. The number of carbonyl (C=O) groups is 1. The van der Waals surface area contributed by atoms with Crippen molar-refractivity contribution in [2.24, 2.45) is 0 Å². The predicted octanol–water partition coefficient (Wildman–Crippen LogP) is 4.59. The average molecular weight is 346 g/mol. The molecule has 4 nitrogen and oxygen atoms in total. The van der Waals surface area contributed by atoms with Crippen LogP contribution in [-0.4, -0.2) is 31.0 Å². The Morgan fingerprint density at radius 1 is 1.29 bits per heavy atom. The van der Waals surface area contributed by atoms with E-state index in [2.05, 4.69) is 0 Å². The summed E-state index contributed by atoms with van der Waals surface area (Å²) < 4.78 is 11.1. The maximum Gasteiger partial charge on any atom is 0.246 e. The Morgan fingerprint density at radius 3 is 2.83 bits per heavy atom. The smallest absolute Gasteiger partial charge is 0.246 e. The second-order valence-electron chi connectivity index (χ2n) is 5.75. The molecule has 126 valence electrons. The fourth-order valence-electron chi connectivity index (χ4n) is 2.83. The van der Waals surface area contributed by atoms with Crippen LogP contribution in [0.2, 0.25) is 0 Å². The van der Waals surface area contributed by atoms with E-state index in [0.29, 0.717) is 22.1 Å². The van der Waals surface area contributed by atoms with Crippen molar-refractivity contribution in [1.29, 1.82) is 0 Å². The van der Waals surface area contributed by atoms with E-state index in [0.717, 1.165) is 31.3 Å². The van der Waals surface area contributed by atoms with Gasteiger partial charge in [0, 0.05) is 24.6 Å². The van der Waals surface area contributed by atoms with E-state index < -0.39 is 0 Å². The molecule has 1 amide bonds. The van der Waals surface area contributed by atoms with Gasteiger partial charge in [0.15, 0.2) is 11.3 Å². The van der Waals surface area contributed by atoms with E-state index in [1.807, 2.05) is 29.2 Å². The van der Waals surface area contributed by atoms with Crippen molar-refractivity contribution >= 4 is 33.5 Å². The third kappa shape index (κ3) is 3.65. The van der Waals surface area contributed by atoms with Crippen LogP contribution in [0.25, 0.3) is 16.0 Å². The van der Waals surface area contributed by atoms with Gasteiger partial charge in [0.2, 0.25) is 5.91 Å². The Labute approximate surface area is 146 Å². The summed E-state index contributed by atoms with van der Waals surface area (Å²) in [5.41, 5.74) is 0.662. The first-order valence-electron chi connectivity index (χ1n) is 8.09. The Bertz CT molecular complexity index is 785. The lowest BCUT2D eigenvalue weighted by molar-refractivity contribution is -0.126. The molecule has 3 rings (SSSR count). The summed E-state index contributed by atoms with van der Waals surface area (Å²) in [6.07, 6.45) is 8.26. The van der Waals surface area contributed by atoms with E-state index in [-0.39, 0.29) is 5.91 Å². The summed E-state index contributed by atoms with van der Waals surface area (Å²) in [5.74, 6) is 1.24. The molecular formula is C19H20ClNO3. The van der Waals surface area contributed by atoms with Crippen molar-refractivity contribution in [3.05, 3.63) is 48.3 Å². The first kappa shape index (κ1) is 16.7. The zero-order valence-corrected chi connectivity index (χ0v) is 14.4. The number of hydrogen-bond donors (Lipinski definition) is 0. The normalized spacial score (nSPS) is 16.1. The Kier molecular flexibility index (Phi) is 5.26. The van der Waals surface area contributed by atoms with Gasteiger partial charge in [-0.25, -0.2) is 0 Å².